The summed E-state index contributed by atoms with van der Waals surface area (Å²) in [6.07, 6.45) is 0. The van der Waals surface area contributed by atoms with Gasteiger partial charge in [-0.3, -0.25) is 4.79 Å². The summed E-state index contributed by atoms with van der Waals surface area (Å²) in [4.78, 5) is 15.0. The van der Waals surface area contributed by atoms with Crippen LogP contribution in [0.4, 0.5) is 0 Å². The molecule has 5 heteroatoms. The molecule has 5 nitrogen and oxygen atoms in total. The fourth-order valence-corrected chi connectivity index (χ4v) is 4.49. The molecule has 2 heterocycles. The number of hydrogen-bond donors (Lipinski definition) is 1. The number of carbonyl (C=O) groups is 1. The summed E-state index contributed by atoms with van der Waals surface area (Å²) in [5.74, 6) is 1.22. The molecule has 0 saturated carbocycles. The molecule has 3 aromatic rings. The SMILES string of the molecule is Cc1ccc(C2=C(O)C(=O)N(Cc3ccc4c(c3)OCO4)[C@@H]2c2ccc(C(C)C)cc2)cc1. The minimum Gasteiger partial charge on any atom is -0.503 e. The molecule has 0 aromatic heterocycles. The van der Waals surface area contributed by atoms with Gasteiger partial charge in [0.15, 0.2) is 17.3 Å². The van der Waals surface area contributed by atoms with Gasteiger partial charge in [0, 0.05) is 12.1 Å². The first-order valence-electron chi connectivity index (χ1n) is 11.2. The largest absolute Gasteiger partial charge is 0.503 e. The maximum atomic E-state index is 13.3. The molecule has 1 N–H and O–H groups in total. The van der Waals surface area contributed by atoms with E-state index in [1.807, 2.05) is 49.4 Å². The molecule has 1 atom stereocenters. The Labute approximate surface area is 193 Å². The van der Waals surface area contributed by atoms with Gasteiger partial charge in [0.1, 0.15) is 0 Å². The van der Waals surface area contributed by atoms with E-state index in [4.69, 9.17) is 9.47 Å². The standard InChI is InChI=1S/C28H27NO4/c1-17(2)20-9-11-22(12-10-20)26-25(21-7-4-18(3)5-8-21)27(30)28(31)29(26)15-19-6-13-23-24(14-19)33-16-32-23/h4-14,17,26,30H,15-16H2,1-3H3/t26-/m1/s1. The molecule has 33 heavy (non-hydrogen) atoms. The van der Waals surface area contributed by atoms with E-state index in [0.717, 1.165) is 22.3 Å². The zero-order valence-electron chi connectivity index (χ0n) is 19.0. The molecule has 2 aliphatic rings. The van der Waals surface area contributed by atoms with E-state index in [-0.39, 0.29) is 18.5 Å². The summed E-state index contributed by atoms with van der Waals surface area (Å²) in [5, 5.41) is 11.0. The topological polar surface area (TPSA) is 59.0 Å². The van der Waals surface area contributed by atoms with Crippen LogP contribution in [0.25, 0.3) is 5.57 Å². The smallest absolute Gasteiger partial charge is 0.290 e. The van der Waals surface area contributed by atoms with E-state index < -0.39 is 6.04 Å². The molecule has 3 aromatic carbocycles. The van der Waals surface area contributed by atoms with E-state index in [1.54, 1.807) is 4.90 Å². The van der Waals surface area contributed by atoms with Crippen LogP contribution in [0.15, 0.2) is 72.5 Å². The highest BCUT2D eigenvalue weighted by Crippen LogP contribution is 2.44. The zero-order valence-corrected chi connectivity index (χ0v) is 19.0. The summed E-state index contributed by atoms with van der Waals surface area (Å²) in [6, 6.07) is 21.6. The lowest BCUT2D eigenvalue weighted by atomic mass is 9.91. The van der Waals surface area contributed by atoms with Gasteiger partial charge in [-0.1, -0.05) is 74.0 Å². The predicted octanol–water partition coefficient (Wildman–Crippen LogP) is 5.90. The first-order chi connectivity index (χ1) is 15.9. The van der Waals surface area contributed by atoms with Gasteiger partial charge in [0.25, 0.3) is 5.91 Å². The van der Waals surface area contributed by atoms with Crippen molar-refractivity contribution >= 4 is 11.5 Å². The number of aliphatic hydroxyl groups is 1. The monoisotopic (exact) mass is 441 g/mol. The van der Waals surface area contributed by atoms with Crippen LogP contribution in [0, 0.1) is 6.92 Å². The van der Waals surface area contributed by atoms with Crippen molar-refractivity contribution in [1.29, 1.82) is 0 Å². The van der Waals surface area contributed by atoms with Gasteiger partial charge >= 0.3 is 0 Å². The van der Waals surface area contributed by atoms with Gasteiger partial charge in [-0.05, 0) is 47.2 Å². The Balaban J connectivity index is 1.57. The number of benzene rings is 3. The average Bonchev–Trinajstić information content (AvgIpc) is 3.38. The highest BCUT2D eigenvalue weighted by molar-refractivity contribution is 6.05. The molecule has 2 aliphatic heterocycles. The Morgan fingerprint density at radius 1 is 0.970 bits per heavy atom. The zero-order chi connectivity index (χ0) is 23.1. The van der Waals surface area contributed by atoms with Gasteiger partial charge < -0.3 is 19.5 Å². The molecular weight excluding hydrogens is 414 g/mol. The van der Waals surface area contributed by atoms with Crippen molar-refractivity contribution in [3.05, 3.63) is 100 Å². The first kappa shape index (κ1) is 21.1. The number of aryl methyl sites for hydroxylation is 1. The summed E-state index contributed by atoms with van der Waals surface area (Å²) in [6.45, 7) is 6.87. The van der Waals surface area contributed by atoms with Crippen LogP contribution in [0.3, 0.4) is 0 Å². The predicted molar refractivity (Wildman–Crippen MR) is 127 cm³/mol. The molecule has 168 valence electrons. The first-order valence-corrected chi connectivity index (χ1v) is 11.2. The second-order valence-corrected chi connectivity index (χ2v) is 8.97. The Kier molecular flexibility index (Phi) is 5.33. The van der Waals surface area contributed by atoms with Gasteiger partial charge in [0.05, 0.1) is 6.04 Å². The van der Waals surface area contributed by atoms with Crippen LogP contribution < -0.4 is 9.47 Å². The summed E-state index contributed by atoms with van der Waals surface area (Å²) in [7, 11) is 0. The number of fused-ring (bicyclic) bond motifs is 1. The number of amides is 1. The van der Waals surface area contributed by atoms with Crippen LogP contribution >= 0.6 is 0 Å². The third kappa shape index (κ3) is 3.84. The number of nitrogens with zero attached hydrogens (tertiary/aromatic N) is 1. The van der Waals surface area contributed by atoms with E-state index in [1.165, 1.54) is 5.56 Å². The molecule has 0 radical (unpaired) electrons. The van der Waals surface area contributed by atoms with Gasteiger partial charge in [-0.25, -0.2) is 0 Å². The van der Waals surface area contributed by atoms with Crippen molar-refractivity contribution in [2.45, 2.75) is 39.3 Å². The molecule has 0 spiro atoms. The second kappa shape index (κ2) is 8.32. The Hall–Kier alpha value is -3.73. The normalized spacial score (nSPS) is 17.4. The molecule has 0 fully saturated rings. The fourth-order valence-electron chi connectivity index (χ4n) is 4.49. The molecule has 0 aliphatic carbocycles. The number of aliphatic hydroxyl groups excluding tert-OH is 1. The number of ether oxygens (including phenoxy) is 2. The Bertz CT molecular complexity index is 1230. The highest BCUT2D eigenvalue weighted by atomic mass is 16.7. The molecule has 0 saturated heterocycles. The number of rotatable bonds is 5. The maximum absolute atomic E-state index is 13.3. The lowest BCUT2D eigenvalue weighted by molar-refractivity contribution is -0.130. The van der Waals surface area contributed by atoms with Crippen molar-refractivity contribution in [3.8, 4) is 11.5 Å². The molecule has 1 amide bonds. The number of carbonyl (C=O) groups excluding carboxylic acids is 1. The van der Waals surface area contributed by atoms with Crippen molar-refractivity contribution in [2.24, 2.45) is 0 Å². The molecule has 0 bridgehead atoms. The van der Waals surface area contributed by atoms with Crippen LogP contribution in [0.1, 0.15) is 53.6 Å². The number of hydrogen-bond acceptors (Lipinski definition) is 4. The van der Waals surface area contributed by atoms with Crippen molar-refractivity contribution in [1.82, 2.24) is 4.90 Å². The lowest BCUT2D eigenvalue weighted by Crippen LogP contribution is -2.29. The third-order valence-electron chi connectivity index (χ3n) is 6.38. The molecule has 0 unspecified atom stereocenters. The van der Waals surface area contributed by atoms with Gasteiger partial charge in [0.2, 0.25) is 6.79 Å². The second-order valence-electron chi connectivity index (χ2n) is 8.97. The van der Waals surface area contributed by atoms with E-state index in [0.29, 0.717) is 29.5 Å². The lowest BCUT2D eigenvalue weighted by Gasteiger charge is -2.28. The summed E-state index contributed by atoms with van der Waals surface area (Å²) in [5.41, 5.74) is 5.71. The van der Waals surface area contributed by atoms with Crippen molar-refractivity contribution in [3.63, 3.8) is 0 Å². The minimum absolute atomic E-state index is 0.197. The summed E-state index contributed by atoms with van der Waals surface area (Å²) >= 11 is 0. The highest BCUT2D eigenvalue weighted by Gasteiger charge is 2.41. The Morgan fingerprint density at radius 2 is 1.67 bits per heavy atom. The fraction of sp³-hybridized carbons (Fsp3) is 0.250. The van der Waals surface area contributed by atoms with Crippen LogP contribution in [0.2, 0.25) is 0 Å². The van der Waals surface area contributed by atoms with E-state index >= 15 is 0 Å². The van der Waals surface area contributed by atoms with E-state index in [2.05, 4.69) is 38.1 Å². The van der Waals surface area contributed by atoms with Crippen LogP contribution in [-0.2, 0) is 11.3 Å². The van der Waals surface area contributed by atoms with Gasteiger partial charge in [-0.15, -0.1) is 0 Å². The van der Waals surface area contributed by atoms with Gasteiger partial charge in [-0.2, -0.15) is 0 Å². The maximum Gasteiger partial charge on any atom is 0.290 e. The molecule has 5 rings (SSSR count). The van der Waals surface area contributed by atoms with Crippen molar-refractivity contribution < 1.29 is 19.4 Å². The van der Waals surface area contributed by atoms with Crippen molar-refractivity contribution in [2.75, 3.05) is 6.79 Å². The average molecular weight is 442 g/mol. The molecular formula is C28H27NO4. The summed E-state index contributed by atoms with van der Waals surface area (Å²) < 4.78 is 10.9. The third-order valence-corrected chi connectivity index (χ3v) is 6.38. The minimum atomic E-state index is -0.396. The van der Waals surface area contributed by atoms with E-state index in [9.17, 15) is 9.90 Å². The quantitative estimate of drug-likeness (QED) is 0.536. The van der Waals surface area contributed by atoms with Crippen LogP contribution in [0.5, 0.6) is 11.5 Å². The van der Waals surface area contributed by atoms with Crippen LogP contribution in [-0.4, -0.2) is 22.7 Å². The Morgan fingerprint density at radius 3 is 2.36 bits per heavy atom.